The number of hydrogen-bond acceptors (Lipinski definition) is 1. The highest BCUT2D eigenvalue weighted by Crippen LogP contribution is 2.52. The lowest BCUT2D eigenvalue weighted by Gasteiger charge is -2.57. The van der Waals surface area contributed by atoms with Crippen LogP contribution < -0.4 is 5.01 Å². The first-order valence-electron chi connectivity index (χ1n) is 15.8. The predicted octanol–water partition coefficient (Wildman–Crippen LogP) is 9.43. The smallest absolute Gasteiger partial charge is 0.142 e. The van der Waals surface area contributed by atoms with Gasteiger partial charge in [0, 0.05) is 38.1 Å². The Morgan fingerprint density at radius 1 is 0.622 bits per heavy atom. The van der Waals surface area contributed by atoms with Crippen LogP contribution in [-0.2, 0) is 5.41 Å². The molecule has 0 radical (unpaired) electrons. The summed E-state index contributed by atoms with van der Waals surface area (Å²) in [6, 6.07) is 48.2. The second-order valence-electron chi connectivity index (χ2n) is 13.0. The molecular weight excluding hydrogens is 550 g/mol. The van der Waals surface area contributed by atoms with Crippen LogP contribution >= 0.6 is 0 Å². The van der Waals surface area contributed by atoms with Gasteiger partial charge < -0.3 is 9.73 Å². The number of fused-ring (bicyclic) bond motifs is 10. The van der Waals surface area contributed by atoms with Crippen molar-refractivity contribution in [1.82, 2.24) is 4.68 Å². The fourth-order valence-electron chi connectivity index (χ4n) is 8.24. The van der Waals surface area contributed by atoms with Crippen LogP contribution in [0, 0.1) is 0 Å². The fourth-order valence-corrected chi connectivity index (χ4v) is 8.24. The first kappa shape index (κ1) is 25.2. The minimum atomic E-state index is -0.154. The summed E-state index contributed by atoms with van der Waals surface area (Å²) in [5.74, 6) is 0. The van der Waals surface area contributed by atoms with Gasteiger partial charge in [0.05, 0.1) is 12.3 Å². The van der Waals surface area contributed by atoms with Crippen LogP contribution in [-0.4, -0.2) is 4.68 Å². The highest BCUT2D eigenvalue weighted by Gasteiger charge is 2.42. The van der Waals surface area contributed by atoms with Crippen molar-refractivity contribution in [3.05, 3.63) is 161 Å². The van der Waals surface area contributed by atoms with Crippen LogP contribution in [0.2, 0.25) is 0 Å². The lowest BCUT2D eigenvalue weighted by Crippen LogP contribution is -3.19. The molecule has 1 aliphatic heterocycles. The molecule has 216 valence electrons. The Kier molecular flexibility index (Phi) is 5.01. The molecule has 10 rings (SSSR count). The van der Waals surface area contributed by atoms with Gasteiger partial charge in [0.1, 0.15) is 22.2 Å². The molecular formula is C41H31N3O. The number of aromatic nitrogens is 1. The highest BCUT2D eigenvalue weighted by atomic mass is 16.3. The monoisotopic (exact) mass is 581 g/mol. The average Bonchev–Trinajstić information content (AvgIpc) is 3.68. The van der Waals surface area contributed by atoms with Crippen molar-refractivity contribution in [2.75, 3.05) is 0 Å². The summed E-state index contributed by atoms with van der Waals surface area (Å²) in [7, 11) is 0. The summed E-state index contributed by atoms with van der Waals surface area (Å²) in [5, 5.41) is 11.6. The standard InChI is InChI=1S/C41H30N3O/c1-41(2)32-20-9-6-17-30(32)36-33(41)24-23-28-26-15-7-10-21-34(26)43(37(28)36)44-39(25-13-4-3-5-14-25)42-40(44)31-19-12-18-29-27-16-8-11-22-35(27)45-38(29)31/h3-24,39-40H,1-2H3/q-1/p+1. The summed E-state index contributed by atoms with van der Waals surface area (Å²) in [6.45, 7) is 4.72. The molecule has 8 aromatic rings. The third kappa shape index (κ3) is 3.28. The van der Waals surface area contributed by atoms with Crippen LogP contribution in [0.15, 0.2) is 138 Å². The number of rotatable bonds is 3. The molecule has 0 saturated carbocycles. The zero-order valence-corrected chi connectivity index (χ0v) is 25.2. The first-order chi connectivity index (χ1) is 22.1. The normalized spacial score (nSPS) is 20.1. The second kappa shape index (κ2) is 8.95. The molecule has 3 atom stereocenters. The quantitative estimate of drug-likeness (QED) is 0.222. The van der Waals surface area contributed by atoms with Crippen LogP contribution in [0.1, 0.15) is 48.4 Å². The van der Waals surface area contributed by atoms with Gasteiger partial charge in [0.2, 0.25) is 0 Å². The Morgan fingerprint density at radius 2 is 1.36 bits per heavy atom. The third-order valence-corrected chi connectivity index (χ3v) is 10.3. The molecule has 1 saturated heterocycles. The molecule has 2 aromatic heterocycles. The van der Waals surface area contributed by atoms with Gasteiger partial charge in [-0.05, 0) is 34.4 Å². The van der Waals surface area contributed by atoms with E-state index in [0.29, 0.717) is 0 Å². The lowest BCUT2D eigenvalue weighted by atomic mass is 9.82. The van der Waals surface area contributed by atoms with Gasteiger partial charge in [-0.15, -0.1) is 0 Å². The van der Waals surface area contributed by atoms with Crippen LogP contribution in [0.3, 0.4) is 0 Å². The Morgan fingerprint density at radius 3 is 2.24 bits per heavy atom. The molecule has 1 N–H and O–H groups in total. The van der Waals surface area contributed by atoms with Gasteiger partial charge in [0.15, 0.2) is 0 Å². The van der Waals surface area contributed by atoms with Gasteiger partial charge in [0.25, 0.3) is 0 Å². The van der Waals surface area contributed by atoms with E-state index in [0.717, 1.165) is 27.5 Å². The summed E-state index contributed by atoms with van der Waals surface area (Å²) in [4.78, 5) is 0. The maximum Gasteiger partial charge on any atom is 0.142 e. The molecule has 4 nitrogen and oxygen atoms in total. The predicted molar refractivity (Wildman–Crippen MR) is 182 cm³/mol. The van der Waals surface area contributed by atoms with Gasteiger partial charge in [-0.1, -0.05) is 135 Å². The number of nitrogens with one attached hydrogen (secondary N) is 1. The van der Waals surface area contributed by atoms with E-state index in [1.54, 1.807) is 0 Å². The molecule has 1 fully saturated rings. The molecule has 1 aliphatic carbocycles. The van der Waals surface area contributed by atoms with E-state index in [1.165, 1.54) is 54.6 Å². The van der Waals surface area contributed by atoms with Crippen molar-refractivity contribution < 1.29 is 9.43 Å². The number of quaternary nitrogens is 1. The first-order valence-corrected chi connectivity index (χ1v) is 15.8. The number of benzene rings is 6. The van der Waals surface area contributed by atoms with Crippen LogP contribution in [0.4, 0.5) is 0 Å². The van der Waals surface area contributed by atoms with Crippen molar-refractivity contribution in [2.24, 2.45) is 0 Å². The number of hydrogen-bond donors (Lipinski definition) is 1. The van der Waals surface area contributed by atoms with E-state index >= 15 is 0 Å². The Labute approximate surface area is 261 Å². The Bertz CT molecular complexity index is 2470. The summed E-state index contributed by atoms with van der Waals surface area (Å²) in [5.41, 5.74) is 12.0. The molecule has 0 amide bonds. The molecule has 0 spiro atoms. The van der Waals surface area contributed by atoms with Crippen LogP contribution in [0.5, 0.6) is 0 Å². The van der Waals surface area contributed by atoms with E-state index in [9.17, 15) is 0 Å². The molecule has 3 unspecified atom stereocenters. The minimum Gasteiger partial charge on any atom is -0.545 e. The molecule has 3 heterocycles. The van der Waals surface area contributed by atoms with Gasteiger partial charge >= 0.3 is 0 Å². The Hall–Kier alpha value is -5.16. The van der Waals surface area contributed by atoms with E-state index in [4.69, 9.17) is 9.73 Å². The van der Waals surface area contributed by atoms with E-state index < -0.39 is 0 Å². The molecule has 0 bridgehead atoms. The average molecular weight is 582 g/mol. The van der Waals surface area contributed by atoms with E-state index in [-0.39, 0.29) is 17.7 Å². The topological polar surface area (TPSA) is 36.6 Å². The summed E-state index contributed by atoms with van der Waals surface area (Å²) < 4.78 is 9.16. The van der Waals surface area contributed by atoms with E-state index in [1.807, 2.05) is 6.07 Å². The molecule has 4 heteroatoms. The molecule has 2 aliphatic rings. The highest BCUT2D eigenvalue weighted by molar-refractivity contribution is 6.14. The van der Waals surface area contributed by atoms with Crippen LogP contribution in [0.25, 0.3) is 60.2 Å². The fraction of sp³-hybridized carbons (Fsp3) is 0.122. The van der Waals surface area contributed by atoms with Gasteiger partial charge in [-0.3, -0.25) is 0 Å². The molecule has 45 heavy (non-hydrogen) atoms. The van der Waals surface area contributed by atoms with E-state index in [2.05, 4.69) is 146 Å². The van der Waals surface area contributed by atoms with Crippen molar-refractivity contribution in [2.45, 2.75) is 31.6 Å². The summed E-state index contributed by atoms with van der Waals surface area (Å²) in [6.07, 6.45) is -0.227. The maximum absolute atomic E-state index is 6.59. The number of nitrogens with zero attached hydrogens (tertiary/aromatic N) is 2. The van der Waals surface area contributed by atoms with Crippen molar-refractivity contribution in [1.29, 1.82) is 0 Å². The lowest BCUT2D eigenvalue weighted by molar-refractivity contribution is -1.02. The molecule has 6 aromatic carbocycles. The SMILES string of the molecule is CC1(C)c2ccccc2-c2c1ccc1c3ccccc3n([NH+]3C(c4ccccc4)[N-]C3c3cccc4c3oc3ccccc34)c21. The minimum absolute atomic E-state index is 0.0737. The van der Waals surface area contributed by atoms with Gasteiger partial charge in [-0.25, -0.2) is 5.01 Å². The van der Waals surface area contributed by atoms with Crippen molar-refractivity contribution >= 4 is 43.7 Å². The zero-order valence-electron chi connectivity index (χ0n) is 25.2. The van der Waals surface area contributed by atoms with Gasteiger partial charge in [-0.2, -0.15) is 4.68 Å². The largest absolute Gasteiger partial charge is 0.545 e. The Balaban J connectivity index is 1.30. The number of furan rings is 1. The maximum atomic E-state index is 6.59. The second-order valence-corrected chi connectivity index (χ2v) is 13.0. The zero-order chi connectivity index (χ0) is 29.9. The van der Waals surface area contributed by atoms with Crippen molar-refractivity contribution in [3.63, 3.8) is 0 Å². The summed E-state index contributed by atoms with van der Waals surface area (Å²) >= 11 is 0. The number of para-hydroxylation sites is 3. The third-order valence-electron chi connectivity index (χ3n) is 10.3. The van der Waals surface area contributed by atoms with Crippen molar-refractivity contribution in [3.8, 4) is 11.1 Å².